The van der Waals surface area contributed by atoms with Crippen LogP contribution in [0.15, 0.2) is 12.3 Å². The number of rotatable bonds is 6. The summed E-state index contributed by atoms with van der Waals surface area (Å²) in [5.41, 5.74) is 5.98. The van der Waals surface area contributed by atoms with Crippen LogP contribution in [0.25, 0.3) is 0 Å². The maximum Gasteiger partial charge on any atom is 0.271 e. The molecule has 5 heteroatoms. The van der Waals surface area contributed by atoms with E-state index < -0.39 is 0 Å². The first-order valence-electron chi connectivity index (χ1n) is 5.28. The molecule has 3 N–H and O–H groups in total. The molecule has 1 aromatic heterocycles. The average Bonchev–Trinajstić information content (AvgIpc) is 2.76. The molecule has 0 aliphatic heterocycles. The highest BCUT2D eigenvalue weighted by molar-refractivity contribution is 5.92. The molecule has 0 saturated carbocycles. The standard InChI is InChI=1S/C10H18N4O/c1-2-7-14(8-3-5-11)10(15)9-4-6-12-13-9/h4,6H,2-3,5,7-8,11H2,1H3,(H,12,13). The van der Waals surface area contributed by atoms with E-state index in [4.69, 9.17) is 5.73 Å². The zero-order valence-corrected chi connectivity index (χ0v) is 9.07. The Morgan fingerprint density at radius 2 is 2.40 bits per heavy atom. The van der Waals surface area contributed by atoms with E-state index in [1.165, 1.54) is 0 Å². The molecule has 1 aromatic rings. The van der Waals surface area contributed by atoms with E-state index in [1.807, 2.05) is 0 Å². The van der Waals surface area contributed by atoms with Gasteiger partial charge in [-0.25, -0.2) is 0 Å². The zero-order valence-electron chi connectivity index (χ0n) is 9.07. The third kappa shape index (κ3) is 3.36. The van der Waals surface area contributed by atoms with Crippen LogP contribution in [0.2, 0.25) is 0 Å². The molecule has 84 valence electrons. The maximum absolute atomic E-state index is 11.9. The molecular weight excluding hydrogens is 192 g/mol. The number of nitrogens with one attached hydrogen (secondary N) is 1. The molecule has 1 heterocycles. The minimum absolute atomic E-state index is 0.00259. The second-order valence-corrected chi connectivity index (χ2v) is 3.40. The largest absolute Gasteiger partial charge is 0.337 e. The fourth-order valence-electron chi connectivity index (χ4n) is 1.41. The molecule has 0 spiro atoms. The van der Waals surface area contributed by atoms with E-state index in [0.29, 0.717) is 18.8 Å². The zero-order chi connectivity index (χ0) is 11.1. The first kappa shape index (κ1) is 11.7. The average molecular weight is 210 g/mol. The van der Waals surface area contributed by atoms with Crippen molar-refractivity contribution in [2.24, 2.45) is 5.73 Å². The van der Waals surface area contributed by atoms with Crippen LogP contribution >= 0.6 is 0 Å². The fraction of sp³-hybridized carbons (Fsp3) is 0.600. The van der Waals surface area contributed by atoms with E-state index >= 15 is 0 Å². The molecule has 0 aliphatic rings. The fourth-order valence-corrected chi connectivity index (χ4v) is 1.41. The normalized spacial score (nSPS) is 10.3. The van der Waals surface area contributed by atoms with Crippen molar-refractivity contribution >= 4 is 5.91 Å². The minimum Gasteiger partial charge on any atom is -0.337 e. The summed E-state index contributed by atoms with van der Waals surface area (Å²) < 4.78 is 0. The van der Waals surface area contributed by atoms with Crippen LogP contribution in [0, 0.1) is 0 Å². The summed E-state index contributed by atoms with van der Waals surface area (Å²) in [6, 6.07) is 1.69. The summed E-state index contributed by atoms with van der Waals surface area (Å²) in [6.45, 7) is 4.13. The van der Waals surface area contributed by atoms with Crippen LogP contribution in [0.5, 0.6) is 0 Å². The number of aromatic nitrogens is 2. The lowest BCUT2D eigenvalue weighted by molar-refractivity contribution is 0.0749. The van der Waals surface area contributed by atoms with E-state index in [1.54, 1.807) is 17.2 Å². The van der Waals surface area contributed by atoms with E-state index in [-0.39, 0.29) is 5.91 Å². The Labute approximate surface area is 89.6 Å². The van der Waals surface area contributed by atoms with Gasteiger partial charge in [0.1, 0.15) is 5.69 Å². The Kier molecular flexibility index (Phi) is 4.83. The Balaban J connectivity index is 2.58. The lowest BCUT2D eigenvalue weighted by Crippen LogP contribution is -2.33. The second-order valence-electron chi connectivity index (χ2n) is 3.40. The molecular formula is C10H18N4O. The van der Waals surface area contributed by atoms with Crippen molar-refractivity contribution in [1.82, 2.24) is 15.1 Å². The highest BCUT2D eigenvalue weighted by Gasteiger charge is 2.14. The quantitative estimate of drug-likeness (QED) is 0.722. The first-order chi connectivity index (χ1) is 7.29. The van der Waals surface area contributed by atoms with Gasteiger partial charge in [-0.05, 0) is 25.5 Å². The third-order valence-corrected chi connectivity index (χ3v) is 2.14. The van der Waals surface area contributed by atoms with Crippen molar-refractivity contribution in [2.75, 3.05) is 19.6 Å². The molecule has 0 bridgehead atoms. The number of carbonyl (C=O) groups is 1. The molecule has 0 fully saturated rings. The highest BCUT2D eigenvalue weighted by atomic mass is 16.2. The minimum atomic E-state index is 0.00259. The lowest BCUT2D eigenvalue weighted by atomic mass is 10.3. The van der Waals surface area contributed by atoms with Gasteiger partial charge in [0.15, 0.2) is 0 Å². The van der Waals surface area contributed by atoms with Gasteiger partial charge < -0.3 is 10.6 Å². The van der Waals surface area contributed by atoms with Gasteiger partial charge >= 0.3 is 0 Å². The molecule has 1 rings (SSSR count). The summed E-state index contributed by atoms with van der Waals surface area (Å²) in [6.07, 6.45) is 3.37. The van der Waals surface area contributed by atoms with Gasteiger partial charge in [-0.3, -0.25) is 9.89 Å². The monoisotopic (exact) mass is 210 g/mol. The van der Waals surface area contributed by atoms with Crippen molar-refractivity contribution in [3.05, 3.63) is 18.0 Å². The van der Waals surface area contributed by atoms with E-state index in [2.05, 4.69) is 17.1 Å². The SMILES string of the molecule is CCCN(CCCN)C(=O)c1ccn[nH]1. The van der Waals surface area contributed by atoms with Crippen molar-refractivity contribution < 1.29 is 4.79 Å². The summed E-state index contributed by atoms with van der Waals surface area (Å²) in [7, 11) is 0. The number of amides is 1. The van der Waals surface area contributed by atoms with Gasteiger partial charge in [0.05, 0.1) is 0 Å². The maximum atomic E-state index is 11.9. The molecule has 0 atom stereocenters. The lowest BCUT2D eigenvalue weighted by Gasteiger charge is -2.20. The van der Waals surface area contributed by atoms with Gasteiger partial charge in [-0.2, -0.15) is 5.10 Å². The molecule has 0 aliphatic carbocycles. The molecule has 5 nitrogen and oxygen atoms in total. The Hall–Kier alpha value is -1.36. The number of hydrogen-bond acceptors (Lipinski definition) is 3. The summed E-state index contributed by atoms with van der Waals surface area (Å²) >= 11 is 0. The Morgan fingerprint density at radius 1 is 1.60 bits per heavy atom. The van der Waals surface area contributed by atoms with Crippen LogP contribution in [0.3, 0.4) is 0 Å². The molecule has 1 amide bonds. The smallest absolute Gasteiger partial charge is 0.271 e. The first-order valence-corrected chi connectivity index (χ1v) is 5.28. The van der Waals surface area contributed by atoms with Crippen molar-refractivity contribution in [2.45, 2.75) is 19.8 Å². The van der Waals surface area contributed by atoms with Crippen molar-refractivity contribution in [3.63, 3.8) is 0 Å². The topological polar surface area (TPSA) is 75.0 Å². The number of hydrogen-bond donors (Lipinski definition) is 2. The predicted octanol–water partition coefficient (Wildman–Crippen LogP) is 0.611. The number of nitrogens with two attached hydrogens (primary N) is 1. The third-order valence-electron chi connectivity index (χ3n) is 2.14. The second kappa shape index (κ2) is 6.19. The number of carbonyl (C=O) groups excluding carboxylic acids is 1. The van der Waals surface area contributed by atoms with Crippen LogP contribution in [-0.4, -0.2) is 40.6 Å². The Bertz CT molecular complexity index is 284. The van der Waals surface area contributed by atoms with Gasteiger partial charge in [-0.15, -0.1) is 0 Å². The molecule has 15 heavy (non-hydrogen) atoms. The van der Waals surface area contributed by atoms with Crippen LogP contribution in [0.4, 0.5) is 0 Å². The summed E-state index contributed by atoms with van der Waals surface area (Å²) in [5.74, 6) is 0.00259. The van der Waals surface area contributed by atoms with Gasteiger partial charge in [-0.1, -0.05) is 6.92 Å². The molecule has 0 saturated heterocycles. The van der Waals surface area contributed by atoms with Gasteiger partial charge in [0.25, 0.3) is 5.91 Å². The van der Waals surface area contributed by atoms with E-state index in [9.17, 15) is 4.79 Å². The van der Waals surface area contributed by atoms with Crippen molar-refractivity contribution in [3.8, 4) is 0 Å². The van der Waals surface area contributed by atoms with Crippen LogP contribution in [-0.2, 0) is 0 Å². The summed E-state index contributed by atoms with van der Waals surface area (Å²) in [5, 5.41) is 6.45. The molecule has 0 radical (unpaired) electrons. The predicted molar refractivity (Wildman–Crippen MR) is 58.5 cm³/mol. The molecule has 0 unspecified atom stereocenters. The van der Waals surface area contributed by atoms with Gasteiger partial charge in [0, 0.05) is 19.3 Å². The number of aromatic amines is 1. The van der Waals surface area contributed by atoms with Crippen molar-refractivity contribution in [1.29, 1.82) is 0 Å². The Morgan fingerprint density at radius 3 is 2.93 bits per heavy atom. The van der Waals surface area contributed by atoms with Crippen LogP contribution < -0.4 is 5.73 Å². The van der Waals surface area contributed by atoms with E-state index in [0.717, 1.165) is 19.4 Å². The number of H-pyrrole nitrogens is 1. The summed E-state index contributed by atoms with van der Waals surface area (Å²) in [4.78, 5) is 13.7. The molecule has 0 aromatic carbocycles. The van der Waals surface area contributed by atoms with Gasteiger partial charge in [0.2, 0.25) is 0 Å². The highest BCUT2D eigenvalue weighted by Crippen LogP contribution is 2.02. The number of nitrogens with zero attached hydrogens (tertiary/aromatic N) is 2. The van der Waals surface area contributed by atoms with Crippen LogP contribution in [0.1, 0.15) is 30.3 Å².